The van der Waals surface area contributed by atoms with Gasteiger partial charge in [-0.25, -0.2) is 22.0 Å². The lowest BCUT2D eigenvalue weighted by Gasteiger charge is -2.20. The van der Waals surface area contributed by atoms with Crippen molar-refractivity contribution in [2.75, 3.05) is 0 Å². The molecule has 2 aromatic carbocycles. The molecule has 3 rings (SSSR count). The van der Waals surface area contributed by atoms with Crippen molar-refractivity contribution in [1.29, 1.82) is 0 Å². The average molecular weight is 392 g/mol. The number of halogens is 7. The minimum atomic E-state index is -4.60. The predicted octanol–water partition coefficient (Wildman–Crippen LogP) is 6.24. The van der Waals surface area contributed by atoms with Gasteiger partial charge in [-0.1, -0.05) is 6.07 Å². The number of alkyl halides is 2. The SMILES string of the molecule is Fc1cc(OC(F)(F)c2c(F)cc(-c3cccs3)cc2F)cc(F)c1F. The summed E-state index contributed by atoms with van der Waals surface area (Å²) in [6, 6.07) is 4.81. The molecule has 0 radical (unpaired) electrons. The Balaban J connectivity index is 1.99. The lowest BCUT2D eigenvalue weighted by atomic mass is 10.1. The van der Waals surface area contributed by atoms with Crippen molar-refractivity contribution in [1.82, 2.24) is 0 Å². The van der Waals surface area contributed by atoms with Crippen LogP contribution in [0.3, 0.4) is 0 Å². The Morgan fingerprint density at radius 2 is 1.38 bits per heavy atom. The van der Waals surface area contributed by atoms with Crippen molar-refractivity contribution in [2.24, 2.45) is 0 Å². The first-order valence-electron chi connectivity index (χ1n) is 6.94. The van der Waals surface area contributed by atoms with Crippen molar-refractivity contribution < 1.29 is 35.5 Å². The topological polar surface area (TPSA) is 9.23 Å². The van der Waals surface area contributed by atoms with Crippen LogP contribution in [0.2, 0.25) is 0 Å². The van der Waals surface area contributed by atoms with Gasteiger partial charge in [-0.2, -0.15) is 8.78 Å². The van der Waals surface area contributed by atoms with Crippen LogP contribution in [-0.4, -0.2) is 0 Å². The Morgan fingerprint density at radius 1 is 0.808 bits per heavy atom. The van der Waals surface area contributed by atoms with E-state index in [2.05, 4.69) is 4.74 Å². The van der Waals surface area contributed by atoms with Gasteiger partial charge in [-0.05, 0) is 29.1 Å². The summed E-state index contributed by atoms with van der Waals surface area (Å²) in [5.41, 5.74) is -1.70. The number of hydrogen-bond acceptors (Lipinski definition) is 2. The normalized spacial score (nSPS) is 11.7. The lowest BCUT2D eigenvalue weighted by molar-refractivity contribution is -0.189. The summed E-state index contributed by atoms with van der Waals surface area (Å²) in [5.74, 6) is -9.82. The molecular formula is C17H7F7OS. The predicted molar refractivity (Wildman–Crippen MR) is 80.5 cm³/mol. The second-order valence-corrected chi connectivity index (χ2v) is 6.06. The highest BCUT2D eigenvalue weighted by atomic mass is 32.1. The second kappa shape index (κ2) is 6.64. The molecule has 3 aromatic rings. The zero-order valence-corrected chi connectivity index (χ0v) is 13.3. The van der Waals surface area contributed by atoms with Gasteiger partial charge in [0.1, 0.15) is 22.9 Å². The van der Waals surface area contributed by atoms with Gasteiger partial charge in [0, 0.05) is 17.0 Å². The summed E-state index contributed by atoms with van der Waals surface area (Å²) in [7, 11) is 0. The van der Waals surface area contributed by atoms with Gasteiger partial charge >= 0.3 is 6.11 Å². The number of thiophene rings is 1. The van der Waals surface area contributed by atoms with E-state index in [1.165, 1.54) is 6.07 Å². The van der Waals surface area contributed by atoms with Crippen molar-refractivity contribution in [3.8, 4) is 16.2 Å². The van der Waals surface area contributed by atoms with Crippen LogP contribution in [0.15, 0.2) is 41.8 Å². The summed E-state index contributed by atoms with van der Waals surface area (Å²) in [6.45, 7) is 0. The average Bonchev–Trinajstić information content (AvgIpc) is 3.05. The summed E-state index contributed by atoms with van der Waals surface area (Å²) in [6.07, 6.45) is -4.60. The van der Waals surface area contributed by atoms with Crippen molar-refractivity contribution in [3.63, 3.8) is 0 Å². The van der Waals surface area contributed by atoms with Gasteiger partial charge in [-0.3, -0.25) is 0 Å². The largest absolute Gasteiger partial charge is 0.432 e. The van der Waals surface area contributed by atoms with E-state index in [-0.39, 0.29) is 17.7 Å². The monoisotopic (exact) mass is 392 g/mol. The Morgan fingerprint density at radius 3 is 1.88 bits per heavy atom. The Labute approximate surface area is 146 Å². The maximum atomic E-state index is 14.2. The van der Waals surface area contributed by atoms with E-state index in [9.17, 15) is 30.7 Å². The molecule has 1 nitrogen and oxygen atoms in total. The van der Waals surface area contributed by atoms with Gasteiger partial charge < -0.3 is 4.74 Å². The Hall–Kier alpha value is -2.55. The van der Waals surface area contributed by atoms with Gasteiger partial charge in [-0.15, -0.1) is 11.3 Å². The molecular weight excluding hydrogens is 385 g/mol. The Kier molecular flexibility index (Phi) is 4.66. The number of hydrogen-bond donors (Lipinski definition) is 0. The van der Waals surface area contributed by atoms with Crippen LogP contribution in [0.5, 0.6) is 5.75 Å². The molecule has 0 saturated carbocycles. The molecule has 0 bridgehead atoms. The maximum absolute atomic E-state index is 14.2. The molecule has 0 N–H and O–H groups in total. The van der Waals surface area contributed by atoms with E-state index in [0.29, 0.717) is 17.0 Å². The third-order valence-electron chi connectivity index (χ3n) is 3.34. The van der Waals surface area contributed by atoms with Gasteiger partial charge in [0.2, 0.25) is 0 Å². The standard InChI is InChI=1S/C17H7F7OS/c18-10-4-8(14-2-1-3-26-14)5-11(19)15(10)17(23,24)25-9-6-12(20)16(22)13(21)7-9/h1-7H. The Bertz CT molecular complexity index is 908. The van der Waals surface area contributed by atoms with Crippen LogP contribution in [0.4, 0.5) is 30.7 Å². The fraction of sp³-hybridized carbons (Fsp3) is 0.0588. The third-order valence-corrected chi connectivity index (χ3v) is 4.26. The molecule has 1 heterocycles. The smallest absolute Gasteiger partial charge is 0.429 e. The fourth-order valence-electron chi connectivity index (χ4n) is 2.23. The van der Waals surface area contributed by atoms with Gasteiger partial charge in [0.05, 0.1) is 0 Å². The molecule has 0 spiro atoms. The summed E-state index contributed by atoms with van der Waals surface area (Å²) >= 11 is 1.14. The zero-order chi connectivity index (χ0) is 19.1. The minimum absolute atomic E-state index is 0.0356. The summed E-state index contributed by atoms with van der Waals surface area (Å²) in [5, 5.41) is 1.63. The quantitative estimate of drug-likeness (QED) is 0.377. The van der Waals surface area contributed by atoms with Gasteiger partial charge in [0.25, 0.3) is 0 Å². The van der Waals surface area contributed by atoms with Crippen molar-refractivity contribution >= 4 is 11.3 Å². The molecule has 0 aliphatic heterocycles. The molecule has 9 heteroatoms. The highest BCUT2D eigenvalue weighted by molar-refractivity contribution is 7.13. The van der Waals surface area contributed by atoms with Crippen LogP contribution >= 0.6 is 11.3 Å². The molecule has 0 fully saturated rings. The van der Waals surface area contributed by atoms with E-state index in [1.807, 2.05) is 0 Å². The third kappa shape index (κ3) is 3.39. The highest BCUT2D eigenvalue weighted by Gasteiger charge is 2.41. The molecule has 0 amide bonds. The highest BCUT2D eigenvalue weighted by Crippen LogP contribution is 2.38. The van der Waals surface area contributed by atoms with Gasteiger partial charge in [0.15, 0.2) is 17.5 Å². The molecule has 0 unspecified atom stereocenters. The summed E-state index contributed by atoms with van der Waals surface area (Å²) in [4.78, 5) is 0.446. The van der Waals surface area contributed by atoms with Crippen LogP contribution in [0.1, 0.15) is 5.56 Å². The minimum Gasteiger partial charge on any atom is -0.429 e. The molecule has 0 aliphatic rings. The number of ether oxygens (including phenoxy) is 1. The van der Waals surface area contributed by atoms with E-state index in [1.54, 1.807) is 11.4 Å². The fourth-order valence-corrected chi connectivity index (χ4v) is 2.94. The van der Waals surface area contributed by atoms with E-state index in [4.69, 9.17) is 0 Å². The van der Waals surface area contributed by atoms with Crippen LogP contribution in [0.25, 0.3) is 10.4 Å². The molecule has 0 aliphatic carbocycles. The van der Waals surface area contributed by atoms with Crippen molar-refractivity contribution in [2.45, 2.75) is 6.11 Å². The second-order valence-electron chi connectivity index (χ2n) is 5.11. The summed E-state index contributed by atoms with van der Waals surface area (Å²) < 4.78 is 99.7. The number of rotatable bonds is 4. The van der Waals surface area contributed by atoms with Crippen LogP contribution in [0, 0.1) is 29.1 Å². The molecule has 26 heavy (non-hydrogen) atoms. The van der Waals surface area contributed by atoms with E-state index in [0.717, 1.165) is 11.3 Å². The number of benzene rings is 2. The maximum Gasteiger partial charge on any atom is 0.432 e. The first-order valence-corrected chi connectivity index (χ1v) is 7.82. The lowest BCUT2D eigenvalue weighted by Crippen LogP contribution is -2.25. The molecule has 0 atom stereocenters. The van der Waals surface area contributed by atoms with E-state index < -0.39 is 46.5 Å². The van der Waals surface area contributed by atoms with Crippen molar-refractivity contribution in [3.05, 3.63) is 76.4 Å². The first-order chi connectivity index (χ1) is 12.2. The van der Waals surface area contributed by atoms with E-state index >= 15 is 0 Å². The first kappa shape index (κ1) is 18.2. The van der Waals surface area contributed by atoms with Crippen LogP contribution in [-0.2, 0) is 6.11 Å². The molecule has 0 saturated heterocycles. The zero-order valence-electron chi connectivity index (χ0n) is 12.5. The molecule has 1 aromatic heterocycles. The molecule has 136 valence electrons. The van der Waals surface area contributed by atoms with Crippen LogP contribution < -0.4 is 4.74 Å².